The maximum Gasteiger partial charge on any atom is 0.237 e. The fourth-order valence-corrected chi connectivity index (χ4v) is 1.89. The molecule has 0 saturated carbocycles. The summed E-state index contributed by atoms with van der Waals surface area (Å²) in [6, 6.07) is 13.0. The van der Waals surface area contributed by atoms with Crippen molar-refractivity contribution in [3.63, 3.8) is 0 Å². The SMILES string of the molecule is CC(C)(C)C(=O)Nc1cn2nc(Oc3ccccc3)ccc2n1. The molecule has 1 N–H and O–H groups in total. The molecule has 118 valence electrons. The van der Waals surface area contributed by atoms with E-state index in [2.05, 4.69) is 15.4 Å². The van der Waals surface area contributed by atoms with Gasteiger partial charge in [0.2, 0.25) is 11.8 Å². The summed E-state index contributed by atoms with van der Waals surface area (Å²) >= 11 is 0. The number of anilines is 1. The molecule has 0 aliphatic carbocycles. The van der Waals surface area contributed by atoms with Gasteiger partial charge in [-0.2, -0.15) is 0 Å². The van der Waals surface area contributed by atoms with Crippen molar-refractivity contribution in [1.29, 1.82) is 0 Å². The van der Waals surface area contributed by atoms with Crippen molar-refractivity contribution in [2.45, 2.75) is 20.8 Å². The van der Waals surface area contributed by atoms with Crippen molar-refractivity contribution < 1.29 is 9.53 Å². The monoisotopic (exact) mass is 310 g/mol. The van der Waals surface area contributed by atoms with E-state index in [1.54, 1.807) is 22.8 Å². The first-order valence-electron chi connectivity index (χ1n) is 7.33. The average molecular weight is 310 g/mol. The van der Waals surface area contributed by atoms with Gasteiger partial charge >= 0.3 is 0 Å². The van der Waals surface area contributed by atoms with Crippen LogP contribution in [0.4, 0.5) is 5.82 Å². The van der Waals surface area contributed by atoms with E-state index in [4.69, 9.17) is 4.74 Å². The fourth-order valence-electron chi connectivity index (χ4n) is 1.89. The number of carbonyl (C=O) groups excluding carboxylic acids is 1. The van der Waals surface area contributed by atoms with Crippen LogP contribution in [0.5, 0.6) is 11.6 Å². The van der Waals surface area contributed by atoms with Crippen LogP contribution in [-0.4, -0.2) is 20.5 Å². The second kappa shape index (κ2) is 5.72. The van der Waals surface area contributed by atoms with E-state index < -0.39 is 5.41 Å². The number of ether oxygens (including phenoxy) is 1. The minimum absolute atomic E-state index is 0.0957. The van der Waals surface area contributed by atoms with Crippen LogP contribution in [0.2, 0.25) is 0 Å². The quantitative estimate of drug-likeness (QED) is 0.804. The van der Waals surface area contributed by atoms with Gasteiger partial charge in [0, 0.05) is 11.5 Å². The number of benzene rings is 1. The molecule has 0 fully saturated rings. The third kappa shape index (κ3) is 3.48. The number of rotatable bonds is 3. The Morgan fingerprint density at radius 2 is 1.87 bits per heavy atom. The third-order valence-electron chi connectivity index (χ3n) is 3.18. The number of fused-ring (bicyclic) bond motifs is 1. The number of hydrogen-bond acceptors (Lipinski definition) is 4. The van der Waals surface area contributed by atoms with E-state index in [9.17, 15) is 4.79 Å². The van der Waals surface area contributed by atoms with Crippen LogP contribution in [0, 0.1) is 5.41 Å². The lowest BCUT2D eigenvalue weighted by Crippen LogP contribution is -2.27. The Balaban J connectivity index is 1.82. The minimum atomic E-state index is -0.481. The van der Waals surface area contributed by atoms with Gasteiger partial charge in [-0.25, -0.2) is 9.50 Å². The van der Waals surface area contributed by atoms with Crippen LogP contribution in [-0.2, 0) is 4.79 Å². The Kier molecular flexibility index (Phi) is 3.73. The van der Waals surface area contributed by atoms with Crippen molar-refractivity contribution >= 4 is 17.4 Å². The number of para-hydroxylation sites is 1. The Morgan fingerprint density at radius 3 is 2.57 bits per heavy atom. The lowest BCUT2D eigenvalue weighted by Gasteiger charge is -2.15. The van der Waals surface area contributed by atoms with Crippen molar-refractivity contribution in [2.24, 2.45) is 5.41 Å². The number of nitrogens with one attached hydrogen (secondary N) is 1. The van der Waals surface area contributed by atoms with Crippen molar-refractivity contribution in [2.75, 3.05) is 5.32 Å². The third-order valence-corrected chi connectivity index (χ3v) is 3.18. The zero-order chi connectivity index (χ0) is 16.4. The van der Waals surface area contributed by atoms with Gasteiger partial charge in [-0.1, -0.05) is 39.0 Å². The number of carbonyl (C=O) groups is 1. The molecule has 2 aromatic heterocycles. The van der Waals surface area contributed by atoms with Crippen molar-refractivity contribution in [3.8, 4) is 11.6 Å². The van der Waals surface area contributed by atoms with Gasteiger partial charge in [0.25, 0.3) is 0 Å². The van der Waals surface area contributed by atoms with E-state index in [0.717, 1.165) is 0 Å². The van der Waals surface area contributed by atoms with Gasteiger partial charge in [-0.05, 0) is 18.2 Å². The molecule has 3 aromatic rings. The molecule has 2 heterocycles. The van der Waals surface area contributed by atoms with Crippen LogP contribution >= 0.6 is 0 Å². The summed E-state index contributed by atoms with van der Waals surface area (Å²) in [7, 11) is 0. The summed E-state index contributed by atoms with van der Waals surface area (Å²) in [6.45, 7) is 5.55. The van der Waals surface area contributed by atoms with Crippen LogP contribution in [0.1, 0.15) is 20.8 Å². The van der Waals surface area contributed by atoms with Crippen LogP contribution in [0.3, 0.4) is 0 Å². The van der Waals surface area contributed by atoms with Gasteiger partial charge < -0.3 is 10.1 Å². The fraction of sp³-hybridized carbons (Fsp3) is 0.235. The van der Waals surface area contributed by atoms with Crippen molar-refractivity contribution in [1.82, 2.24) is 14.6 Å². The predicted octanol–water partition coefficient (Wildman–Crippen LogP) is 3.51. The molecule has 0 spiro atoms. The molecular weight excluding hydrogens is 292 g/mol. The standard InChI is InChI=1S/C17H18N4O2/c1-17(2,3)16(22)19-13-11-21-14(18-13)9-10-15(20-21)23-12-7-5-4-6-8-12/h4-11H,1-3H3,(H,19,22). The topological polar surface area (TPSA) is 68.5 Å². The zero-order valence-corrected chi connectivity index (χ0v) is 13.3. The van der Waals surface area contributed by atoms with Gasteiger partial charge in [0.1, 0.15) is 5.75 Å². The Morgan fingerprint density at radius 1 is 1.13 bits per heavy atom. The first-order valence-corrected chi connectivity index (χ1v) is 7.33. The Bertz CT molecular complexity index is 835. The summed E-state index contributed by atoms with van der Waals surface area (Å²) in [5.74, 6) is 1.53. The maximum absolute atomic E-state index is 12.0. The average Bonchev–Trinajstić information content (AvgIpc) is 2.89. The Hall–Kier alpha value is -2.89. The van der Waals surface area contributed by atoms with Crippen molar-refractivity contribution in [3.05, 3.63) is 48.7 Å². The van der Waals surface area contributed by atoms with E-state index in [1.807, 2.05) is 51.1 Å². The van der Waals surface area contributed by atoms with Crippen LogP contribution in [0.25, 0.3) is 5.65 Å². The molecule has 3 rings (SSSR count). The Labute approximate surface area is 134 Å². The highest BCUT2D eigenvalue weighted by atomic mass is 16.5. The first kappa shape index (κ1) is 15.0. The lowest BCUT2D eigenvalue weighted by atomic mass is 9.96. The molecule has 23 heavy (non-hydrogen) atoms. The predicted molar refractivity (Wildman–Crippen MR) is 87.6 cm³/mol. The first-order chi connectivity index (χ1) is 10.9. The largest absolute Gasteiger partial charge is 0.438 e. The smallest absolute Gasteiger partial charge is 0.237 e. The molecular formula is C17H18N4O2. The summed E-state index contributed by atoms with van der Waals surface area (Å²) in [6.07, 6.45) is 1.66. The molecule has 1 aromatic carbocycles. The number of amides is 1. The second-order valence-corrected chi connectivity index (χ2v) is 6.22. The highest BCUT2D eigenvalue weighted by Crippen LogP contribution is 2.20. The van der Waals surface area contributed by atoms with Crippen LogP contribution in [0.15, 0.2) is 48.7 Å². The normalized spacial score (nSPS) is 11.4. The molecule has 6 nitrogen and oxygen atoms in total. The molecule has 0 bridgehead atoms. The molecule has 6 heteroatoms. The molecule has 0 saturated heterocycles. The summed E-state index contributed by atoms with van der Waals surface area (Å²) in [5.41, 5.74) is 0.153. The molecule has 0 radical (unpaired) electrons. The molecule has 0 aliphatic heterocycles. The molecule has 0 aliphatic rings. The van der Waals surface area contributed by atoms with Gasteiger partial charge in [-0.15, -0.1) is 5.10 Å². The second-order valence-electron chi connectivity index (χ2n) is 6.22. The summed E-state index contributed by atoms with van der Waals surface area (Å²) in [4.78, 5) is 16.3. The lowest BCUT2D eigenvalue weighted by molar-refractivity contribution is -0.123. The maximum atomic E-state index is 12.0. The van der Waals surface area contributed by atoms with E-state index in [0.29, 0.717) is 23.1 Å². The summed E-state index contributed by atoms with van der Waals surface area (Å²) in [5, 5.41) is 7.13. The minimum Gasteiger partial charge on any atom is -0.438 e. The molecule has 0 atom stereocenters. The van der Waals surface area contributed by atoms with Gasteiger partial charge in [0.15, 0.2) is 11.5 Å². The molecule has 1 amide bonds. The number of aromatic nitrogens is 3. The van der Waals surface area contributed by atoms with Crippen LogP contribution < -0.4 is 10.1 Å². The van der Waals surface area contributed by atoms with Gasteiger partial charge in [-0.3, -0.25) is 4.79 Å². The number of nitrogens with zero attached hydrogens (tertiary/aromatic N) is 3. The highest BCUT2D eigenvalue weighted by molar-refractivity contribution is 5.93. The number of imidazole rings is 1. The van der Waals surface area contributed by atoms with Gasteiger partial charge in [0.05, 0.1) is 6.20 Å². The highest BCUT2D eigenvalue weighted by Gasteiger charge is 2.22. The van der Waals surface area contributed by atoms with E-state index >= 15 is 0 Å². The number of hydrogen-bond donors (Lipinski definition) is 1. The summed E-state index contributed by atoms with van der Waals surface area (Å²) < 4.78 is 7.26. The molecule has 0 unspecified atom stereocenters. The zero-order valence-electron chi connectivity index (χ0n) is 13.3. The van der Waals surface area contributed by atoms with E-state index in [1.165, 1.54) is 0 Å². The van der Waals surface area contributed by atoms with E-state index in [-0.39, 0.29) is 5.91 Å².